The van der Waals surface area contributed by atoms with Crippen LogP contribution in [0.1, 0.15) is 5.56 Å². The highest BCUT2D eigenvalue weighted by atomic mass is 35.5. The standard InChI is InChI=1S/C14H11Cl2NO2.H3O4P/c15-10-5-3-6-11(16)14(10)17-12-7-2-1-4-9(12)8-13(18)19;1-5(2,3)4/h1-7,17H,8H2,(H,18,19);(H3,1,2,3,4). The molecule has 0 heterocycles. The van der Waals surface area contributed by atoms with Gasteiger partial charge in [-0.2, -0.15) is 0 Å². The highest BCUT2D eigenvalue weighted by Crippen LogP contribution is 2.33. The third-order valence-electron chi connectivity index (χ3n) is 2.58. The molecule has 7 nitrogen and oxygen atoms in total. The third kappa shape index (κ3) is 7.79. The molecule has 0 aliphatic heterocycles. The van der Waals surface area contributed by atoms with E-state index in [0.29, 0.717) is 27.0 Å². The van der Waals surface area contributed by atoms with Crippen LogP contribution in [0.25, 0.3) is 0 Å². The van der Waals surface area contributed by atoms with E-state index in [2.05, 4.69) is 5.32 Å². The van der Waals surface area contributed by atoms with Crippen molar-refractivity contribution in [3.05, 3.63) is 58.1 Å². The molecular weight excluding hydrogens is 380 g/mol. The Morgan fingerprint density at radius 3 is 2.00 bits per heavy atom. The van der Waals surface area contributed by atoms with Crippen molar-refractivity contribution in [1.82, 2.24) is 0 Å². The van der Waals surface area contributed by atoms with Crippen molar-refractivity contribution in [2.24, 2.45) is 0 Å². The largest absolute Gasteiger partial charge is 0.481 e. The van der Waals surface area contributed by atoms with Gasteiger partial charge in [0.15, 0.2) is 0 Å². The van der Waals surface area contributed by atoms with E-state index < -0.39 is 13.8 Å². The number of rotatable bonds is 4. The molecule has 0 saturated carbocycles. The van der Waals surface area contributed by atoms with Crippen molar-refractivity contribution in [2.45, 2.75) is 6.42 Å². The Kier molecular flexibility index (Phi) is 7.69. The van der Waals surface area contributed by atoms with E-state index in [1.165, 1.54) is 0 Å². The van der Waals surface area contributed by atoms with Crippen molar-refractivity contribution in [3.63, 3.8) is 0 Å². The monoisotopic (exact) mass is 393 g/mol. The summed E-state index contributed by atoms with van der Waals surface area (Å²) in [5.74, 6) is -0.889. The maximum Gasteiger partial charge on any atom is 0.466 e. The van der Waals surface area contributed by atoms with Gasteiger partial charge in [-0.1, -0.05) is 47.5 Å². The summed E-state index contributed by atoms with van der Waals surface area (Å²) >= 11 is 12.1. The van der Waals surface area contributed by atoms with Gasteiger partial charge in [0.1, 0.15) is 0 Å². The van der Waals surface area contributed by atoms with Gasteiger partial charge in [0, 0.05) is 5.69 Å². The number of halogens is 2. The number of hydrogen-bond acceptors (Lipinski definition) is 3. The number of carbonyl (C=O) groups is 1. The lowest BCUT2D eigenvalue weighted by Crippen LogP contribution is -2.04. The molecule has 5 N–H and O–H groups in total. The highest BCUT2D eigenvalue weighted by Gasteiger charge is 2.10. The number of anilines is 2. The average Bonchev–Trinajstić information content (AvgIpc) is 2.42. The highest BCUT2D eigenvalue weighted by molar-refractivity contribution is 7.45. The Balaban J connectivity index is 0.000000505. The van der Waals surface area contributed by atoms with Crippen LogP contribution >= 0.6 is 31.0 Å². The van der Waals surface area contributed by atoms with E-state index in [1.807, 2.05) is 6.07 Å². The molecule has 0 radical (unpaired) electrons. The van der Waals surface area contributed by atoms with E-state index in [4.69, 9.17) is 47.6 Å². The second kappa shape index (κ2) is 9.03. The fraction of sp³-hybridized carbons (Fsp3) is 0.0714. The molecular formula is C14H14Cl2NO6P. The summed E-state index contributed by atoms with van der Waals surface area (Å²) in [4.78, 5) is 32.4. The molecule has 0 fully saturated rings. The molecule has 0 amide bonds. The minimum absolute atomic E-state index is 0.0642. The quantitative estimate of drug-likeness (QED) is 0.503. The predicted octanol–water partition coefficient (Wildman–Crippen LogP) is 3.44. The van der Waals surface area contributed by atoms with Crippen molar-refractivity contribution in [1.29, 1.82) is 0 Å². The second-order valence-electron chi connectivity index (χ2n) is 4.46. The number of carboxylic acids is 1. The van der Waals surface area contributed by atoms with Crippen LogP contribution in [0, 0.1) is 0 Å². The molecule has 0 aliphatic rings. The number of carboxylic acid groups (broad SMARTS) is 1. The molecule has 0 bridgehead atoms. The number of para-hydroxylation sites is 2. The second-order valence-corrected chi connectivity index (χ2v) is 6.30. The molecule has 2 rings (SSSR count). The fourth-order valence-electron chi connectivity index (χ4n) is 1.71. The zero-order chi connectivity index (χ0) is 18.3. The molecule has 0 spiro atoms. The number of aliphatic carboxylic acids is 1. The summed E-state index contributed by atoms with van der Waals surface area (Å²) in [7, 11) is -4.64. The van der Waals surface area contributed by atoms with Gasteiger partial charge in [0.2, 0.25) is 0 Å². The number of hydrogen-bond donors (Lipinski definition) is 5. The molecule has 0 aromatic heterocycles. The van der Waals surface area contributed by atoms with Gasteiger partial charge in [0.25, 0.3) is 0 Å². The van der Waals surface area contributed by atoms with Crippen LogP contribution in [-0.2, 0) is 15.8 Å². The van der Waals surface area contributed by atoms with Crippen LogP contribution in [0.3, 0.4) is 0 Å². The van der Waals surface area contributed by atoms with Gasteiger partial charge in [0.05, 0.1) is 22.2 Å². The van der Waals surface area contributed by atoms with Crippen molar-refractivity contribution >= 4 is 48.4 Å². The number of nitrogens with one attached hydrogen (secondary N) is 1. The van der Waals surface area contributed by atoms with Gasteiger partial charge in [-0.05, 0) is 23.8 Å². The van der Waals surface area contributed by atoms with Crippen LogP contribution in [0.15, 0.2) is 42.5 Å². The van der Waals surface area contributed by atoms with Gasteiger partial charge in [-0.3, -0.25) is 4.79 Å². The van der Waals surface area contributed by atoms with Crippen LogP contribution in [0.5, 0.6) is 0 Å². The number of benzene rings is 2. The van der Waals surface area contributed by atoms with Crippen molar-refractivity contribution < 1.29 is 29.1 Å². The van der Waals surface area contributed by atoms with Crippen LogP contribution in [-0.4, -0.2) is 25.8 Å². The SMILES string of the molecule is O=C(O)Cc1ccccc1Nc1c(Cl)cccc1Cl.O=P(O)(O)O. The predicted molar refractivity (Wildman–Crippen MR) is 91.8 cm³/mol. The van der Waals surface area contributed by atoms with Gasteiger partial charge >= 0.3 is 13.8 Å². The summed E-state index contributed by atoms with van der Waals surface area (Å²) in [5, 5.41) is 12.9. The Bertz CT molecular complexity index is 736. The summed E-state index contributed by atoms with van der Waals surface area (Å²) in [6.07, 6.45) is -0.0642. The molecule has 130 valence electrons. The maximum atomic E-state index is 10.8. The van der Waals surface area contributed by atoms with Gasteiger partial charge in [-0.15, -0.1) is 0 Å². The lowest BCUT2D eigenvalue weighted by molar-refractivity contribution is -0.136. The smallest absolute Gasteiger partial charge is 0.466 e. The summed E-state index contributed by atoms with van der Waals surface area (Å²) in [6.45, 7) is 0. The maximum absolute atomic E-state index is 10.8. The van der Waals surface area contributed by atoms with Gasteiger partial charge in [-0.25, -0.2) is 4.57 Å². The Morgan fingerprint density at radius 2 is 1.50 bits per heavy atom. The first kappa shape index (κ1) is 20.4. The van der Waals surface area contributed by atoms with Crippen molar-refractivity contribution in [2.75, 3.05) is 5.32 Å². The fourth-order valence-corrected chi connectivity index (χ4v) is 2.20. The van der Waals surface area contributed by atoms with Crippen LogP contribution in [0.4, 0.5) is 11.4 Å². The number of phosphoric acid groups is 1. The first-order valence-electron chi connectivity index (χ1n) is 6.37. The van der Waals surface area contributed by atoms with Gasteiger partial charge < -0.3 is 25.1 Å². The third-order valence-corrected chi connectivity index (χ3v) is 3.21. The minimum atomic E-state index is -4.64. The van der Waals surface area contributed by atoms with Crippen LogP contribution < -0.4 is 5.32 Å². The molecule has 10 heteroatoms. The van der Waals surface area contributed by atoms with Crippen molar-refractivity contribution in [3.8, 4) is 0 Å². The molecule has 24 heavy (non-hydrogen) atoms. The Hall–Kier alpha value is -1.60. The molecule has 2 aromatic carbocycles. The zero-order valence-corrected chi connectivity index (χ0v) is 14.5. The first-order valence-corrected chi connectivity index (χ1v) is 8.69. The lowest BCUT2D eigenvalue weighted by atomic mass is 10.1. The van der Waals surface area contributed by atoms with Crippen LogP contribution in [0.2, 0.25) is 10.0 Å². The topological polar surface area (TPSA) is 127 Å². The summed E-state index contributed by atoms with van der Waals surface area (Å²) < 4.78 is 8.88. The lowest BCUT2D eigenvalue weighted by Gasteiger charge is -2.13. The average molecular weight is 394 g/mol. The Morgan fingerprint density at radius 1 is 1.00 bits per heavy atom. The molecule has 0 unspecified atom stereocenters. The Labute approximate surface area is 147 Å². The zero-order valence-electron chi connectivity index (χ0n) is 12.1. The summed E-state index contributed by atoms with van der Waals surface area (Å²) in [5.41, 5.74) is 1.93. The van der Waals surface area contributed by atoms with E-state index in [1.54, 1.807) is 36.4 Å². The first-order chi connectivity index (χ1) is 11.1. The molecule has 0 atom stereocenters. The van der Waals surface area contributed by atoms with E-state index in [0.717, 1.165) is 0 Å². The summed E-state index contributed by atoms with van der Waals surface area (Å²) in [6, 6.07) is 12.3. The normalized spacial score (nSPS) is 10.5. The van der Waals surface area contributed by atoms with E-state index >= 15 is 0 Å². The minimum Gasteiger partial charge on any atom is -0.481 e. The molecule has 0 saturated heterocycles. The molecule has 0 aliphatic carbocycles. The molecule has 2 aromatic rings. The van der Waals surface area contributed by atoms with E-state index in [-0.39, 0.29) is 6.42 Å². The van der Waals surface area contributed by atoms with E-state index in [9.17, 15) is 4.79 Å².